The Balaban J connectivity index is 3.53. The Morgan fingerprint density at radius 1 is 1.30 bits per heavy atom. The third kappa shape index (κ3) is 1.45. The van der Waals surface area contributed by atoms with Gasteiger partial charge in [-0.1, -0.05) is 28.1 Å². The van der Waals surface area contributed by atoms with Crippen LogP contribution in [0.15, 0.2) is 33.5 Å². The highest BCUT2D eigenvalue weighted by molar-refractivity contribution is 9.10. The third-order valence-electron chi connectivity index (χ3n) is 1.33. The number of rotatable bonds is 0. The minimum Gasteiger partial charge on any atom is -0.290 e. The van der Waals surface area contributed by atoms with Gasteiger partial charge >= 0.3 is 0 Å². The van der Waals surface area contributed by atoms with E-state index in [1.807, 2.05) is 12.1 Å². The molecule has 1 aromatic carbocycles. The normalized spacial score (nSPS) is 9.40. The zero-order valence-electron chi connectivity index (χ0n) is 5.60. The third-order valence-corrected chi connectivity index (χ3v) is 2.19. The molecule has 0 N–H and O–H groups in total. The molecule has 0 fully saturated rings. The predicted octanol–water partition coefficient (Wildman–Crippen LogP) is 2.12. The van der Waals surface area contributed by atoms with Crippen molar-refractivity contribution in [2.24, 2.45) is 0 Å². The van der Waals surface area contributed by atoms with Crippen LogP contribution in [-0.4, -0.2) is 0 Å². The molecule has 2 heteroatoms. The van der Waals surface area contributed by atoms with Crippen molar-refractivity contribution in [2.75, 3.05) is 0 Å². The molecule has 0 saturated carbocycles. The molecule has 1 nitrogen and oxygen atoms in total. The van der Waals surface area contributed by atoms with E-state index in [-0.39, 0.29) is 5.43 Å². The van der Waals surface area contributed by atoms with E-state index in [4.69, 9.17) is 0 Å². The molecule has 0 aliphatic heterocycles. The molecule has 52 valence electrons. The van der Waals surface area contributed by atoms with Crippen molar-refractivity contribution in [3.63, 3.8) is 0 Å². The molecule has 0 heterocycles. The quantitative estimate of drug-likeness (QED) is 0.625. The van der Waals surface area contributed by atoms with E-state index in [9.17, 15) is 4.79 Å². The van der Waals surface area contributed by atoms with Gasteiger partial charge in [-0.2, -0.15) is 0 Å². The summed E-state index contributed by atoms with van der Waals surface area (Å²) in [6.07, 6.45) is 0. The zero-order chi connectivity index (χ0) is 7.56. The second kappa shape index (κ2) is 2.97. The van der Waals surface area contributed by atoms with Crippen molar-refractivity contribution in [3.05, 3.63) is 44.5 Å². The fourth-order valence-corrected chi connectivity index (χ4v) is 0.999. The van der Waals surface area contributed by atoms with Gasteiger partial charge < -0.3 is 0 Å². The van der Waals surface area contributed by atoms with Crippen molar-refractivity contribution in [1.29, 1.82) is 0 Å². The standard InChI is InChI=1S/C8H7BrO/c1-6-7(9)4-2-3-5-8(6)10/h2-5H,1H3. The van der Waals surface area contributed by atoms with Crippen LogP contribution >= 0.6 is 15.9 Å². The summed E-state index contributed by atoms with van der Waals surface area (Å²) in [5, 5.41) is 0. The van der Waals surface area contributed by atoms with Gasteiger partial charge in [-0.3, -0.25) is 4.79 Å². The Kier molecular flexibility index (Phi) is 2.22. The molecule has 1 aromatic rings. The second-order valence-electron chi connectivity index (χ2n) is 2.06. The van der Waals surface area contributed by atoms with Gasteiger partial charge in [0, 0.05) is 10.0 Å². The topological polar surface area (TPSA) is 17.1 Å². The van der Waals surface area contributed by atoms with Crippen LogP contribution in [0.3, 0.4) is 0 Å². The summed E-state index contributed by atoms with van der Waals surface area (Å²) in [7, 11) is 0. The molecular weight excluding hydrogens is 192 g/mol. The van der Waals surface area contributed by atoms with Crippen LogP contribution in [0.25, 0.3) is 0 Å². The van der Waals surface area contributed by atoms with Crippen LogP contribution < -0.4 is 5.43 Å². The molecule has 0 unspecified atom stereocenters. The fraction of sp³-hybridized carbons (Fsp3) is 0.125. The summed E-state index contributed by atoms with van der Waals surface area (Å²) in [5.41, 5.74) is 0.821. The molecule has 0 aliphatic rings. The maximum Gasteiger partial charge on any atom is 0.182 e. The van der Waals surface area contributed by atoms with Crippen molar-refractivity contribution in [3.8, 4) is 0 Å². The van der Waals surface area contributed by atoms with Crippen LogP contribution in [0, 0.1) is 6.92 Å². The van der Waals surface area contributed by atoms with Gasteiger partial charge in [0.05, 0.1) is 0 Å². The smallest absolute Gasteiger partial charge is 0.182 e. The lowest BCUT2D eigenvalue weighted by molar-refractivity contribution is 1.40. The van der Waals surface area contributed by atoms with E-state index in [1.165, 1.54) is 0 Å². The molecule has 0 radical (unpaired) electrons. The molecule has 0 aliphatic carbocycles. The van der Waals surface area contributed by atoms with Gasteiger partial charge in [-0.05, 0) is 19.1 Å². The Morgan fingerprint density at radius 3 is 2.60 bits per heavy atom. The molecule has 0 aromatic heterocycles. The lowest BCUT2D eigenvalue weighted by Gasteiger charge is -1.84. The van der Waals surface area contributed by atoms with Gasteiger partial charge in [0.25, 0.3) is 0 Å². The van der Waals surface area contributed by atoms with E-state index in [2.05, 4.69) is 15.9 Å². The first kappa shape index (κ1) is 7.48. The summed E-state index contributed by atoms with van der Waals surface area (Å²) in [4.78, 5) is 11.0. The van der Waals surface area contributed by atoms with E-state index in [0.717, 1.165) is 10.0 Å². The molecule has 0 atom stereocenters. The number of hydrogen-bond donors (Lipinski definition) is 0. The number of hydrogen-bond acceptors (Lipinski definition) is 1. The van der Waals surface area contributed by atoms with Crippen LogP contribution in [0.5, 0.6) is 0 Å². The van der Waals surface area contributed by atoms with Crippen molar-refractivity contribution in [1.82, 2.24) is 0 Å². The van der Waals surface area contributed by atoms with E-state index < -0.39 is 0 Å². The first-order valence-electron chi connectivity index (χ1n) is 2.97. The maximum atomic E-state index is 11.0. The lowest BCUT2D eigenvalue weighted by Crippen LogP contribution is -1.98. The van der Waals surface area contributed by atoms with Crippen LogP contribution in [0.4, 0.5) is 0 Å². The highest BCUT2D eigenvalue weighted by Gasteiger charge is 1.92. The van der Waals surface area contributed by atoms with Gasteiger partial charge in [-0.25, -0.2) is 0 Å². The summed E-state index contributed by atoms with van der Waals surface area (Å²) in [6.45, 7) is 1.80. The first-order chi connectivity index (χ1) is 4.72. The SMILES string of the molecule is Cc1c(Br)ccccc1=O. The molecule has 0 spiro atoms. The van der Waals surface area contributed by atoms with Crippen LogP contribution in [-0.2, 0) is 0 Å². The zero-order valence-corrected chi connectivity index (χ0v) is 7.18. The Labute approximate surface area is 67.8 Å². The molecule has 1 rings (SSSR count). The Hall–Kier alpha value is -0.630. The number of halogens is 1. The van der Waals surface area contributed by atoms with Gasteiger partial charge in [0.15, 0.2) is 5.43 Å². The molecule has 10 heavy (non-hydrogen) atoms. The summed E-state index contributed by atoms with van der Waals surface area (Å²) < 4.78 is 0.863. The van der Waals surface area contributed by atoms with Crippen LogP contribution in [0.2, 0.25) is 0 Å². The van der Waals surface area contributed by atoms with Gasteiger partial charge in [-0.15, -0.1) is 0 Å². The first-order valence-corrected chi connectivity index (χ1v) is 3.76. The molecule has 0 bridgehead atoms. The minimum atomic E-state index is 0.0666. The fourth-order valence-electron chi connectivity index (χ4n) is 0.651. The Bertz CT molecular complexity index is 293. The highest BCUT2D eigenvalue weighted by atomic mass is 79.9. The average molecular weight is 199 g/mol. The monoisotopic (exact) mass is 198 g/mol. The van der Waals surface area contributed by atoms with Gasteiger partial charge in [0.1, 0.15) is 0 Å². The van der Waals surface area contributed by atoms with Crippen LogP contribution in [0.1, 0.15) is 5.56 Å². The van der Waals surface area contributed by atoms with Crippen molar-refractivity contribution >= 4 is 15.9 Å². The Morgan fingerprint density at radius 2 is 1.90 bits per heavy atom. The molecular formula is C8H7BrO. The molecule has 0 amide bonds. The summed E-state index contributed by atoms with van der Waals surface area (Å²) in [5.74, 6) is 0. The average Bonchev–Trinajstić information content (AvgIpc) is 2.04. The maximum absolute atomic E-state index is 11.0. The predicted molar refractivity (Wildman–Crippen MR) is 45.1 cm³/mol. The molecule has 0 saturated heterocycles. The largest absolute Gasteiger partial charge is 0.290 e. The second-order valence-corrected chi connectivity index (χ2v) is 2.91. The van der Waals surface area contributed by atoms with E-state index in [1.54, 1.807) is 19.1 Å². The lowest BCUT2D eigenvalue weighted by atomic mass is 10.3. The van der Waals surface area contributed by atoms with E-state index in [0.29, 0.717) is 0 Å². The summed E-state index contributed by atoms with van der Waals surface area (Å²) >= 11 is 3.28. The minimum absolute atomic E-state index is 0.0666. The van der Waals surface area contributed by atoms with E-state index >= 15 is 0 Å². The van der Waals surface area contributed by atoms with Gasteiger partial charge in [0.2, 0.25) is 0 Å². The summed E-state index contributed by atoms with van der Waals surface area (Å²) in [6, 6.07) is 6.98. The van der Waals surface area contributed by atoms with Crippen molar-refractivity contribution < 1.29 is 0 Å². The highest BCUT2D eigenvalue weighted by Crippen LogP contribution is 2.08. The van der Waals surface area contributed by atoms with Crippen molar-refractivity contribution in [2.45, 2.75) is 6.92 Å².